The fraction of sp³-hybridized carbons (Fsp3) is 0.0556. The van der Waals surface area contributed by atoms with Crippen LogP contribution in [0.4, 0.5) is 10.5 Å². The van der Waals surface area contributed by atoms with Gasteiger partial charge in [0.1, 0.15) is 10.3 Å². The first-order valence-corrected chi connectivity index (χ1v) is 9.97. The number of anilines is 1. The number of benzene rings is 1. The third-order valence-corrected chi connectivity index (χ3v) is 4.81. The van der Waals surface area contributed by atoms with Crippen molar-refractivity contribution < 1.29 is 19.1 Å². The SMILES string of the molecule is COC(=O)NNC(=O)c1cccc(Cl)c1NC(=O)c1cc(Br)nn1-c1ncccc1Cl. The van der Waals surface area contributed by atoms with Crippen LogP contribution in [0.25, 0.3) is 5.82 Å². The van der Waals surface area contributed by atoms with Crippen molar-refractivity contribution in [1.82, 2.24) is 25.6 Å². The maximum absolute atomic E-state index is 13.0. The highest BCUT2D eigenvalue weighted by Crippen LogP contribution is 2.28. The second-order valence-corrected chi connectivity index (χ2v) is 7.39. The number of rotatable bonds is 4. The minimum atomic E-state index is -0.873. The molecule has 0 aliphatic carbocycles. The first-order chi connectivity index (χ1) is 14.8. The summed E-state index contributed by atoms with van der Waals surface area (Å²) >= 11 is 15.6. The molecule has 0 saturated carbocycles. The number of amides is 3. The molecule has 0 atom stereocenters. The van der Waals surface area contributed by atoms with Crippen molar-refractivity contribution in [2.75, 3.05) is 12.4 Å². The molecular formula is C18H13BrCl2N6O4. The van der Waals surface area contributed by atoms with E-state index >= 15 is 0 Å². The highest BCUT2D eigenvalue weighted by molar-refractivity contribution is 9.10. The molecule has 0 unspecified atom stereocenters. The Morgan fingerprint density at radius 1 is 1.06 bits per heavy atom. The van der Waals surface area contributed by atoms with Gasteiger partial charge in [-0.15, -0.1) is 0 Å². The molecule has 31 heavy (non-hydrogen) atoms. The summed E-state index contributed by atoms with van der Waals surface area (Å²) in [5.41, 5.74) is 4.29. The third kappa shape index (κ3) is 5.13. The molecule has 3 rings (SSSR count). The zero-order valence-electron chi connectivity index (χ0n) is 15.6. The van der Waals surface area contributed by atoms with E-state index in [-0.39, 0.29) is 32.8 Å². The Morgan fingerprint density at radius 3 is 2.52 bits per heavy atom. The Labute approximate surface area is 194 Å². The van der Waals surface area contributed by atoms with Gasteiger partial charge in [-0.25, -0.2) is 19.9 Å². The number of methoxy groups -OCH3 is 1. The lowest BCUT2D eigenvalue weighted by Crippen LogP contribution is -2.41. The van der Waals surface area contributed by atoms with Crippen molar-refractivity contribution in [3.05, 3.63) is 68.5 Å². The van der Waals surface area contributed by atoms with Crippen molar-refractivity contribution in [2.45, 2.75) is 0 Å². The monoisotopic (exact) mass is 526 g/mol. The van der Waals surface area contributed by atoms with Crippen LogP contribution in [-0.4, -0.2) is 39.8 Å². The molecule has 3 N–H and O–H groups in total. The number of hydrazine groups is 1. The lowest BCUT2D eigenvalue weighted by atomic mass is 10.1. The van der Waals surface area contributed by atoms with Crippen molar-refractivity contribution in [1.29, 1.82) is 0 Å². The van der Waals surface area contributed by atoms with Crippen LogP contribution in [0.1, 0.15) is 20.8 Å². The van der Waals surface area contributed by atoms with Crippen LogP contribution in [-0.2, 0) is 4.74 Å². The van der Waals surface area contributed by atoms with Gasteiger partial charge in [0.15, 0.2) is 5.82 Å². The van der Waals surface area contributed by atoms with E-state index in [1.54, 1.807) is 12.1 Å². The minimum absolute atomic E-state index is 0.00162. The van der Waals surface area contributed by atoms with E-state index in [0.29, 0.717) is 4.60 Å². The maximum Gasteiger partial charge on any atom is 0.425 e. The van der Waals surface area contributed by atoms with Gasteiger partial charge < -0.3 is 10.1 Å². The summed E-state index contributed by atoms with van der Waals surface area (Å²) in [5.74, 6) is -1.13. The van der Waals surface area contributed by atoms with Crippen LogP contribution >= 0.6 is 39.1 Å². The quantitative estimate of drug-likeness (QED) is 0.445. The summed E-state index contributed by atoms with van der Waals surface area (Å²) < 4.78 is 6.00. The van der Waals surface area contributed by atoms with Gasteiger partial charge >= 0.3 is 6.09 Å². The van der Waals surface area contributed by atoms with Crippen LogP contribution in [0, 0.1) is 0 Å². The number of carbonyl (C=O) groups is 3. The Hall–Kier alpha value is -3.15. The van der Waals surface area contributed by atoms with Crippen molar-refractivity contribution in [2.24, 2.45) is 0 Å². The van der Waals surface area contributed by atoms with Gasteiger partial charge in [-0.1, -0.05) is 29.3 Å². The van der Waals surface area contributed by atoms with E-state index in [1.807, 2.05) is 5.43 Å². The first kappa shape index (κ1) is 22.5. The molecule has 2 aromatic heterocycles. The number of nitrogens with one attached hydrogen (secondary N) is 3. The van der Waals surface area contributed by atoms with Gasteiger partial charge in [0.2, 0.25) is 0 Å². The number of ether oxygens (including phenoxy) is 1. The van der Waals surface area contributed by atoms with Crippen LogP contribution in [0.5, 0.6) is 0 Å². The summed E-state index contributed by atoms with van der Waals surface area (Å²) in [6, 6.07) is 9.12. The molecule has 0 aliphatic heterocycles. The molecule has 10 nitrogen and oxygen atoms in total. The highest BCUT2D eigenvalue weighted by atomic mass is 79.9. The molecule has 0 saturated heterocycles. The number of pyridine rings is 1. The third-order valence-electron chi connectivity index (χ3n) is 3.81. The van der Waals surface area contributed by atoms with Gasteiger partial charge in [-0.2, -0.15) is 5.10 Å². The Bertz CT molecular complexity index is 1170. The summed E-state index contributed by atoms with van der Waals surface area (Å²) in [4.78, 5) is 40.8. The predicted molar refractivity (Wildman–Crippen MR) is 116 cm³/mol. The highest BCUT2D eigenvalue weighted by Gasteiger charge is 2.22. The average Bonchev–Trinajstić information content (AvgIpc) is 3.15. The number of hydrogen-bond donors (Lipinski definition) is 3. The number of hydrogen-bond acceptors (Lipinski definition) is 6. The summed E-state index contributed by atoms with van der Waals surface area (Å²) in [5, 5.41) is 7.16. The second kappa shape index (κ2) is 9.77. The van der Waals surface area contributed by atoms with E-state index in [9.17, 15) is 14.4 Å². The second-order valence-electron chi connectivity index (χ2n) is 5.76. The molecule has 3 amide bonds. The topological polar surface area (TPSA) is 127 Å². The Balaban J connectivity index is 1.93. The minimum Gasteiger partial charge on any atom is -0.452 e. The molecule has 0 aliphatic rings. The first-order valence-electron chi connectivity index (χ1n) is 8.42. The molecule has 0 spiro atoms. The van der Waals surface area contributed by atoms with Crippen molar-refractivity contribution >= 4 is 62.7 Å². The number of nitrogens with zero attached hydrogens (tertiary/aromatic N) is 3. The normalized spacial score (nSPS) is 10.3. The summed E-state index contributed by atoms with van der Waals surface area (Å²) in [7, 11) is 1.14. The molecule has 3 aromatic rings. The van der Waals surface area contributed by atoms with E-state index in [0.717, 1.165) is 7.11 Å². The van der Waals surface area contributed by atoms with Gasteiger partial charge in [-0.05, 0) is 40.2 Å². The number of aromatic nitrogens is 3. The lowest BCUT2D eigenvalue weighted by Gasteiger charge is -2.14. The van der Waals surface area contributed by atoms with Gasteiger partial charge in [0.05, 0.1) is 28.4 Å². The standard InChI is InChI=1S/C18H13BrCl2N6O4/c1-31-18(30)25-24-16(28)9-4-2-5-10(20)14(9)23-17(29)12-8-13(19)26-27(12)15-11(21)6-3-7-22-15/h2-8H,1H3,(H,23,29)(H,24,28)(H,25,30). The van der Waals surface area contributed by atoms with Crippen molar-refractivity contribution in [3.63, 3.8) is 0 Å². The summed E-state index contributed by atoms with van der Waals surface area (Å²) in [6.07, 6.45) is 0.630. The molecule has 13 heteroatoms. The molecule has 0 bridgehead atoms. The largest absolute Gasteiger partial charge is 0.452 e. The predicted octanol–water partition coefficient (Wildman–Crippen LogP) is 3.59. The fourth-order valence-electron chi connectivity index (χ4n) is 2.45. The molecule has 0 radical (unpaired) electrons. The van der Waals surface area contributed by atoms with Crippen molar-refractivity contribution in [3.8, 4) is 5.82 Å². The number of para-hydroxylation sites is 1. The molecular weight excluding hydrogens is 515 g/mol. The Kier molecular flexibility index (Phi) is 7.10. The molecule has 1 aromatic carbocycles. The lowest BCUT2D eigenvalue weighted by molar-refractivity contribution is 0.0921. The fourth-order valence-corrected chi connectivity index (χ4v) is 3.25. The van der Waals surface area contributed by atoms with Crippen LogP contribution in [0.15, 0.2) is 47.2 Å². The van der Waals surface area contributed by atoms with Crippen LogP contribution < -0.4 is 16.2 Å². The number of halogens is 3. The van der Waals surface area contributed by atoms with Crippen LogP contribution in [0.2, 0.25) is 10.0 Å². The Morgan fingerprint density at radius 2 is 1.81 bits per heavy atom. The summed E-state index contributed by atoms with van der Waals surface area (Å²) in [6.45, 7) is 0. The average molecular weight is 528 g/mol. The van der Waals surface area contributed by atoms with Crippen LogP contribution in [0.3, 0.4) is 0 Å². The maximum atomic E-state index is 13.0. The number of carbonyl (C=O) groups excluding carboxylic acids is 3. The van der Waals surface area contributed by atoms with Gasteiger partial charge in [0, 0.05) is 12.3 Å². The van der Waals surface area contributed by atoms with E-state index in [2.05, 4.69) is 41.5 Å². The molecule has 160 valence electrons. The molecule has 2 heterocycles. The van der Waals surface area contributed by atoms with Gasteiger partial charge in [-0.3, -0.25) is 15.0 Å². The van der Waals surface area contributed by atoms with Gasteiger partial charge in [0.25, 0.3) is 11.8 Å². The molecule has 0 fully saturated rings. The zero-order chi connectivity index (χ0) is 22.5. The zero-order valence-corrected chi connectivity index (χ0v) is 18.7. The van der Waals surface area contributed by atoms with E-state index in [4.69, 9.17) is 23.2 Å². The van der Waals surface area contributed by atoms with E-state index < -0.39 is 17.9 Å². The van der Waals surface area contributed by atoms with E-state index in [1.165, 1.54) is 35.1 Å². The smallest absolute Gasteiger partial charge is 0.425 e.